The van der Waals surface area contributed by atoms with Crippen LogP contribution in [0, 0.1) is 5.82 Å². The van der Waals surface area contributed by atoms with Crippen LogP contribution in [0.5, 0.6) is 5.75 Å². The van der Waals surface area contributed by atoms with Crippen LogP contribution in [0.15, 0.2) is 18.2 Å². The van der Waals surface area contributed by atoms with Crippen molar-refractivity contribution in [3.05, 3.63) is 29.6 Å². The fraction of sp³-hybridized carbons (Fsp3) is 0.400. The summed E-state index contributed by atoms with van der Waals surface area (Å²) >= 11 is 0. The largest absolute Gasteiger partial charge is 0.508 e. The maximum atomic E-state index is 12.7. The molecule has 72 valence electrons. The first-order valence-electron chi connectivity index (χ1n) is 4.32. The first kappa shape index (κ1) is 9.99. The fourth-order valence-corrected chi connectivity index (χ4v) is 1.14. The summed E-state index contributed by atoms with van der Waals surface area (Å²) < 4.78 is 12.7. The summed E-state index contributed by atoms with van der Waals surface area (Å²) in [5.74, 6) is -0.181. The second-order valence-corrected chi connectivity index (χ2v) is 3.29. The van der Waals surface area contributed by atoms with E-state index >= 15 is 0 Å². The molecule has 0 radical (unpaired) electrons. The average Bonchev–Trinajstić information content (AvgIpc) is 2.06. The van der Waals surface area contributed by atoms with Crippen molar-refractivity contribution in [2.24, 2.45) is 5.73 Å². The lowest BCUT2D eigenvalue weighted by molar-refractivity contribution is 0.463. The predicted octanol–water partition coefficient (Wildman–Crippen LogP) is 1.81. The highest BCUT2D eigenvalue weighted by Gasteiger charge is 2.03. The Balaban J connectivity index is 2.70. The number of aryl methyl sites for hydroxylation is 1. The van der Waals surface area contributed by atoms with E-state index in [4.69, 9.17) is 5.73 Å². The number of aromatic hydroxyl groups is 1. The van der Waals surface area contributed by atoms with E-state index in [1.807, 2.05) is 6.92 Å². The molecule has 0 saturated carbocycles. The molecule has 0 aliphatic carbocycles. The zero-order valence-electron chi connectivity index (χ0n) is 7.63. The molecule has 0 heterocycles. The molecule has 0 saturated heterocycles. The first-order chi connectivity index (χ1) is 6.09. The summed E-state index contributed by atoms with van der Waals surface area (Å²) in [4.78, 5) is 0. The second kappa shape index (κ2) is 4.23. The molecule has 0 fully saturated rings. The van der Waals surface area contributed by atoms with Gasteiger partial charge in [-0.1, -0.05) is 0 Å². The Morgan fingerprint density at radius 1 is 1.54 bits per heavy atom. The Bertz CT molecular complexity index is 286. The van der Waals surface area contributed by atoms with Crippen LogP contribution < -0.4 is 5.73 Å². The van der Waals surface area contributed by atoms with Gasteiger partial charge >= 0.3 is 0 Å². The van der Waals surface area contributed by atoms with Crippen LogP contribution in [0.3, 0.4) is 0 Å². The van der Waals surface area contributed by atoms with Crippen molar-refractivity contribution >= 4 is 0 Å². The molecule has 1 rings (SSSR count). The van der Waals surface area contributed by atoms with Gasteiger partial charge in [-0.25, -0.2) is 4.39 Å². The number of hydrogen-bond donors (Lipinski definition) is 2. The third-order valence-electron chi connectivity index (χ3n) is 1.91. The van der Waals surface area contributed by atoms with Crippen LogP contribution in [0.1, 0.15) is 18.9 Å². The quantitative estimate of drug-likeness (QED) is 0.750. The van der Waals surface area contributed by atoms with Crippen molar-refractivity contribution in [2.75, 3.05) is 0 Å². The van der Waals surface area contributed by atoms with E-state index < -0.39 is 0 Å². The summed E-state index contributed by atoms with van der Waals surface area (Å²) in [5.41, 5.74) is 6.18. The number of rotatable bonds is 3. The summed E-state index contributed by atoms with van der Waals surface area (Å²) in [6.07, 6.45) is 1.36. The van der Waals surface area contributed by atoms with Crippen LogP contribution in [-0.2, 0) is 6.42 Å². The normalized spacial score (nSPS) is 12.8. The van der Waals surface area contributed by atoms with Gasteiger partial charge in [-0.3, -0.25) is 0 Å². The molecule has 0 aliphatic heterocycles. The number of hydrogen-bond acceptors (Lipinski definition) is 2. The Hall–Kier alpha value is -1.09. The molecule has 0 spiro atoms. The van der Waals surface area contributed by atoms with E-state index in [-0.39, 0.29) is 17.6 Å². The summed E-state index contributed by atoms with van der Waals surface area (Å²) in [7, 11) is 0. The highest BCUT2D eigenvalue weighted by molar-refractivity contribution is 5.32. The Labute approximate surface area is 77.2 Å². The van der Waals surface area contributed by atoms with E-state index in [1.165, 1.54) is 18.2 Å². The third-order valence-corrected chi connectivity index (χ3v) is 1.91. The molecule has 1 aromatic rings. The average molecular weight is 183 g/mol. The maximum Gasteiger partial charge on any atom is 0.123 e. The number of phenols is 1. The van der Waals surface area contributed by atoms with Gasteiger partial charge in [0, 0.05) is 6.04 Å². The Kier molecular flexibility index (Phi) is 3.25. The van der Waals surface area contributed by atoms with Crippen LogP contribution in [0.4, 0.5) is 4.39 Å². The standard InChI is InChI=1S/C10H14FNO/c1-7(12)2-3-8-6-9(11)4-5-10(8)13/h4-7,13H,2-3,12H2,1H3/t7-/m0/s1. The number of halogens is 1. The molecular formula is C10H14FNO. The molecule has 1 atom stereocenters. The number of phenolic OH excluding ortho intramolecular Hbond substituents is 1. The minimum absolute atomic E-state index is 0.0719. The highest BCUT2D eigenvalue weighted by atomic mass is 19.1. The smallest absolute Gasteiger partial charge is 0.123 e. The molecule has 13 heavy (non-hydrogen) atoms. The van der Waals surface area contributed by atoms with E-state index in [0.29, 0.717) is 12.0 Å². The van der Waals surface area contributed by atoms with Crippen molar-refractivity contribution in [1.82, 2.24) is 0 Å². The lowest BCUT2D eigenvalue weighted by Gasteiger charge is -2.06. The first-order valence-corrected chi connectivity index (χ1v) is 4.32. The van der Waals surface area contributed by atoms with Gasteiger partial charge in [0.1, 0.15) is 11.6 Å². The molecule has 0 unspecified atom stereocenters. The summed E-state index contributed by atoms with van der Waals surface area (Å²) in [5, 5.41) is 9.34. The molecule has 0 aliphatic rings. The molecule has 0 aromatic heterocycles. The molecule has 2 nitrogen and oxygen atoms in total. The molecule has 3 N–H and O–H groups in total. The third kappa shape index (κ3) is 3.03. The monoisotopic (exact) mass is 183 g/mol. The van der Waals surface area contributed by atoms with E-state index in [0.717, 1.165) is 6.42 Å². The van der Waals surface area contributed by atoms with E-state index in [2.05, 4.69) is 0 Å². The Morgan fingerprint density at radius 3 is 2.85 bits per heavy atom. The van der Waals surface area contributed by atoms with Crippen LogP contribution in [0.2, 0.25) is 0 Å². The van der Waals surface area contributed by atoms with Crippen molar-refractivity contribution in [2.45, 2.75) is 25.8 Å². The van der Waals surface area contributed by atoms with Crippen molar-refractivity contribution in [3.63, 3.8) is 0 Å². The van der Waals surface area contributed by atoms with E-state index in [9.17, 15) is 9.50 Å². The number of nitrogens with two attached hydrogens (primary N) is 1. The van der Waals surface area contributed by atoms with Gasteiger partial charge in [-0.2, -0.15) is 0 Å². The fourth-order valence-electron chi connectivity index (χ4n) is 1.14. The van der Waals surface area contributed by atoms with Gasteiger partial charge in [0.15, 0.2) is 0 Å². The van der Waals surface area contributed by atoms with Gasteiger partial charge in [0.25, 0.3) is 0 Å². The SMILES string of the molecule is C[C@H](N)CCc1cc(F)ccc1O. The summed E-state index contributed by atoms with van der Waals surface area (Å²) in [6.45, 7) is 1.89. The minimum atomic E-state index is -0.322. The predicted molar refractivity (Wildman–Crippen MR) is 50.0 cm³/mol. The van der Waals surface area contributed by atoms with Gasteiger partial charge in [0.2, 0.25) is 0 Å². The second-order valence-electron chi connectivity index (χ2n) is 3.29. The van der Waals surface area contributed by atoms with Crippen molar-refractivity contribution in [3.8, 4) is 5.75 Å². The molecule has 0 amide bonds. The van der Waals surface area contributed by atoms with Crippen molar-refractivity contribution in [1.29, 1.82) is 0 Å². The molecule has 0 bridgehead atoms. The van der Waals surface area contributed by atoms with E-state index in [1.54, 1.807) is 0 Å². The van der Waals surface area contributed by atoms with Gasteiger partial charge in [0.05, 0.1) is 0 Å². The molecule has 1 aromatic carbocycles. The van der Waals surface area contributed by atoms with Gasteiger partial charge < -0.3 is 10.8 Å². The topological polar surface area (TPSA) is 46.2 Å². The van der Waals surface area contributed by atoms with Crippen molar-refractivity contribution < 1.29 is 9.50 Å². The Morgan fingerprint density at radius 2 is 2.23 bits per heavy atom. The molecule has 3 heteroatoms. The zero-order chi connectivity index (χ0) is 9.84. The van der Waals surface area contributed by atoms with Gasteiger partial charge in [-0.05, 0) is 43.5 Å². The lowest BCUT2D eigenvalue weighted by Crippen LogP contribution is -2.15. The summed E-state index contributed by atoms with van der Waals surface area (Å²) in [6, 6.07) is 4.02. The van der Waals surface area contributed by atoms with Crippen LogP contribution in [-0.4, -0.2) is 11.1 Å². The zero-order valence-corrected chi connectivity index (χ0v) is 7.63. The van der Waals surface area contributed by atoms with Gasteiger partial charge in [-0.15, -0.1) is 0 Å². The number of benzene rings is 1. The molecular weight excluding hydrogens is 169 g/mol. The maximum absolute atomic E-state index is 12.7. The minimum Gasteiger partial charge on any atom is -0.508 e. The van der Waals surface area contributed by atoms with Crippen LogP contribution >= 0.6 is 0 Å². The lowest BCUT2D eigenvalue weighted by atomic mass is 10.1. The van der Waals surface area contributed by atoms with Crippen LogP contribution in [0.25, 0.3) is 0 Å². The highest BCUT2D eigenvalue weighted by Crippen LogP contribution is 2.19.